The highest BCUT2D eigenvalue weighted by atomic mass is 32.5. The van der Waals surface area contributed by atoms with Gasteiger partial charge in [-0.1, -0.05) is 33.3 Å². The number of nitrogens with two attached hydrogens (primary N) is 1. The molecule has 0 fully saturated rings. The second kappa shape index (κ2) is 3.47. The molecule has 1 aromatic rings. The topological polar surface area (TPSA) is 26.0 Å². The van der Waals surface area contributed by atoms with Gasteiger partial charge in [-0.3, -0.25) is 0 Å². The van der Waals surface area contributed by atoms with Crippen molar-refractivity contribution in [3.63, 3.8) is 0 Å². The number of hydrogen-bond acceptors (Lipinski definition) is 1. The van der Waals surface area contributed by atoms with Crippen LogP contribution in [-0.2, 0) is 0 Å². The molecule has 1 aromatic carbocycles. The fourth-order valence-corrected chi connectivity index (χ4v) is 1.44. The molecule has 0 aliphatic heterocycles. The summed E-state index contributed by atoms with van der Waals surface area (Å²) in [6, 6.07) is 0.104. The third-order valence-corrected chi connectivity index (χ3v) is 2.56. The first-order chi connectivity index (χ1) is 6.90. The first kappa shape index (κ1) is 14.9. The van der Waals surface area contributed by atoms with E-state index in [1.54, 1.807) is 0 Å². The van der Waals surface area contributed by atoms with Gasteiger partial charge in [-0.25, -0.2) is 4.39 Å². The zero-order valence-corrected chi connectivity index (χ0v) is 9.30. The van der Waals surface area contributed by atoms with Gasteiger partial charge >= 0.3 is 10.2 Å². The van der Waals surface area contributed by atoms with Crippen LogP contribution in [0.4, 0.5) is 29.5 Å². The summed E-state index contributed by atoms with van der Waals surface area (Å²) in [5.74, 6) is -1.17. The van der Waals surface area contributed by atoms with Gasteiger partial charge in [0.05, 0.1) is 5.69 Å². The SMILES string of the molecule is CC.Nc1cc(S(F)(F)(F)(F)F)ccc1F. The van der Waals surface area contributed by atoms with Crippen LogP contribution in [0.25, 0.3) is 0 Å². The van der Waals surface area contributed by atoms with Gasteiger partial charge in [0.2, 0.25) is 0 Å². The van der Waals surface area contributed by atoms with Gasteiger partial charge in [0.15, 0.2) is 0 Å². The van der Waals surface area contributed by atoms with Crippen molar-refractivity contribution >= 4 is 15.9 Å². The third kappa shape index (κ3) is 3.84. The van der Waals surface area contributed by atoms with Crippen LogP contribution in [0.2, 0.25) is 0 Å². The predicted molar refractivity (Wildman–Crippen MR) is 53.6 cm³/mol. The molecule has 0 aliphatic rings. The van der Waals surface area contributed by atoms with E-state index in [-0.39, 0.29) is 18.2 Å². The van der Waals surface area contributed by atoms with E-state index in [2.05, 4.69) is 0 Å². The summed E-state index contributed by atoms with van der Waals surface area (Å²) in [5, 5.41) is 0. The third-order valence-electron chi connectivity index (χ3n) is 1.41. The largest absolute Gasteiger partial charge is 0.396 e. The highest BCUT2D eigenvalue weighted by Gasteiger charge is 2.65. The summed E-state index contributed by atoms with van der Waals surface area (Å²) in [7, 11) is -9.73. The molecule has 96 valence electrons. The van der Waals surface area contributed by atoms with Crippen LogP contribution < -0.4 is 5.73 Å². The molecule has 0 atom stereocenters. The lowest BCUT2D eigenvalue weighted by atomic mass is 10.3. The van der Waals surface area contributed by atoms with E-state index in [0.29, 0.717) is 0 Å². The monoisotopic (exact) mass is 267 g/mol. The minimum Gasteiger partial charge on any atom is -0.396 e. The van der Waals surface area contributed by atoms with Gasteiger partial charge in [0.25, 0.3) is 0 Å². The van der Waals surface area contributed by atoms with E-state index in [1.807, 2.05) is 13.8 Å². The molecular weight excluding hydrogens is 256 g/mol. The smallest absolute Gasteiger partial charge is 0.310 e. The Morgan fingerprint density at radius 2 is 1.44 bits per heavy atom. The maximum atomic E-state index is 12.4. The summed E-state index contributed by atoms with van der Waals surface area (Å²) < 4.78 is 72.8. The molecule has 0 saturated carbocycles. The molecule has 0 amide bonds. The number of benzene rings is 1. The minimum atomic E-state index is -9.73. The van der Waals surface area contributed by atoms with E-state index in [9.17, 15) is 23.8 Å². The van der Waals surface area contributed by atoms with Crippen LogP contribution in [0.1, 0.15) is 13.8 Å². The zero-order chi connectivity index (χ0) is 13.3. The highest BCUT2D eigenvalue weighted by molar-refractivity contribution is 8.45. The molecule has 0 aliphatic carbocycles. The Morgan fingerprint density at radius 1 is 1.00 bits per heavy atom. The first-order valence-corrected chi connectivity index (χ1v) is 6.14. The van der Waals surface area contributed by atoms with Crippen LogP contribution in [0.15, 0.2) is 23.1 Å². The molecule has 1 nitrogen and oxygen atoms in total. The van der Waals surface area contributed by atoms with E-state index in [1.165, 1.54) is 0 Å². The van der Waals surface area contributed by atoms with Crippen LogP contribution in [0.3, 0.4) is 0 Å². The second-order valence-electron chi connectivity index (χ2n) is 2.65. The normalized spacial score (nSPS) is 15.5. The van der Waals surface area contributed by atoms with E-state index in [0.717, 1.165) is 0 Å². The van der Waals surface area contributed by atoms with Crippen molar-refractivity contribution in [3.05, 3.63) is 24.0 Å². The Hall–Kier alpha value is -1.05. The molecule has 8 heteroatoms. The standard InChI is InChI=1S/C6H5F6NS.C2H6/c7-5-2-1-4(3-6(5)13)14(8,9,10,11)12;1-2/h1-3H,13H2;1-2H3. The van der Waals surface area contributed by atoms with E-state index >= 15 is 0 Å². The van der Waals surface area contributed by atoms with E-state index < -0.39 is 26.6 Å². The van der Waals surface area contributed by atoms with E-state index in [4.69, 9.17) is 5.73 Å². The zero-order valence-electron chi connectivity index (χ0n) is 8.49. The van der Waals surface area contributed by atoms with Gasteiger partial charge in [-0.2, -0.15) is 0 Å². The van der Waals surface area contributed by atoms with Crippen molar-refractivity contribution in [2.45, 2.75) is 18.7 Å². The van der Waals surface area contributed by atoms with Gasteiger partial charge in [-0.05, 0) is 18.2 Å². The molecule has 1 rings (SSSR count). The van der Waals surface area contributed by atoms with Crippen LogP contribution in [0, 0.1) is 5.82 Å². The first-order valence-electron chi connectivity index (χ1n) is 4.19. The van der Waals surface area contributed by atoms with Gasteiger partial charge in [0, 0.05) is 0 Å². The average molecular weight is 267 g/mol. The average Bonchev–Trinajstić information content (AvgIpc) is 2.09. The van der Waals surface area contributed by atoms with Crippen molar-refractivity contribution in [3.8, 4) is 0 Å². The summed E-state index contributed by atoms with van der Waals surface area (Å²) >= 11 is 0. The van der Waals surface area contributed by atoms with Crippen LogP contribution >= 0.6 is 10.2 Å². The molecule has 2 N–H and O–H groups in total. The molecule has 0 heterocycles. The predicted octanol–water partition coefficient (Wildman–Crippen LogP) is 5.09. The number of nitrogen functional groups attached to an aromatic ring is 1. The maximum absolute atomic E-state index is 12.4. The van der Waals surface area contributed by atoms with Crippen molar-refractivity contribution in [1.82, 2.24) is 0 Å². The molecule has 0 aromatic heterocycles. The Bertz CT molecular complexity index is 384. The molecule has 16 heavy (non-hydrogen) atoms. The van der Waals surface area contributed by atoms with Gasteiger partial charge in [0.1, 0.15) is 10.7 Å². The molecule has 0 radical (unpaired) electrons. The number of anilines is 1. The Balaban J connectivity index is 0.00000106. The fourth-order valence-electron chi connectivity index (χ4n) is 0.762. The number of halogens is 6. The van der Waals surface area contributed by atoms with Crippen LogP contribution in [0.5, 0.6) is 0 Å². The quantitative estimate of drug-likeness (QED) is 0.556. The molecule has 0 bridgehead atoms. The fraction of sp³-hybridized carbons (Fsp3) is 0.250. The lowest BCUT2D eigenvalue weighted by Gasteiger charge is -2.40. The van der Waals surface area contributed by atoms with Crippen molar-refractivity contribution in [2.24, 2.45) is 0 Å². The van der Waals surface area contributed by atoms with Gasteiger partial charge < -0.3 is 5.73 Å². The summed E-state index contributed by atoms with van der Waals surface area (Å²) in [5.41, 5.74) is 3.78. The summed E-state index contributed by atoms with van der Waals surface area (Å²) in [4.78, 5) is -2.19. The lowest BCUT2D eigenvalue weighted by molar-refractivity contribution is 0.364. The second-order valence-corrected chi connectivity index (χ2v) is 5.06. The lowest BCUT2D eigenvalue weighted by Crippen LogP contribution is -2.07. The minimum absolute atomic E-state index is 0.0345. The Labute approximate surface area is 89.0 Å². The van der Waals surface area contributed by atoms with Crippen molar-refractivity contribution in [1.29, 1.82) is 0 Å². The Morgan fingerprint density at radius 3 is 1.75 bits per heavy atom. The Kier molecular flexibility index (Phi) is 3.25. The van der Waals surface area contributed by atoms with Gasteiger partial charge in [-0.15, -0.1) is 0 Å². The molecule has 0 saturated heterocycles. The van der Waals surface area contributed by atoms with Crippen molar-refractivity contribution < 1.29 is 23.8 Å². The molecule has 0 spiro atoms. The molecule has 0 unspecified atom stereocenters. The highest BCUT2D eigenvalue weighted by Crippen LogP contribution is 3.02. The summed E-state index contributed by atoms with van der Waals surface area (Å²) in [6.45, 7) is 4.00. The van der Waals surface area contributed by atoms with Crippen LogP contribution in [-0.4, -0.2) is 0 Å². The number of hydrogen-bond donors (Lipinski definition) is 1. The maximum Gasteiger partial charge on any atom is 0.310 e. The number of rotatable bonds is 1. The summed E-state index contributed by atoms with van der Waals surface area (Å²) in [6.07, 6.45) is 0. The molecular formula is C8H11F6NS. The van der Waals surface area contributed by atoms with Crippen molar-refractivity contribution in [2.75, 3.05) is 5.73 Å².